The van der Waals surface area contributed by atoms with Crippen molar-refractivity contribution in [2.45, 2.75) is 12.8 Å². The summed E-state index contributed by atoms with van der Waals surface area (Å²) < 4.78 is 5.22. The van der Waals surface area contributed by atoms with Crippen molar-refractivity contribution in [1.82, 2.24) is 4.98 Å². The van der Waals surface area contributed by atoms with E-state index in [4.69, 9.17) is 4.74 Å². The number of methoxy groups -OCH3 is 1. The van der Waals surface area contributed by atoms with Crippen LogP contribution in [0.1, 0.15) is 12.8 Å². The van der Waals surface area contributed by atoms with Gasteiger partial charge in [0.25, 0.3) is 0 Å². The molecule has 2 heterocycles. The highest BCUT2D eigenvalue weighted by atomic mass is 16.5. The number of ether oxygens (including phenoxy) is 1. The lowest BCUT2D eigenvalue weighted by atomic mass is 10.1. The molecule has 2 amide bonds. The average Bonchev–Trinajstić information content (AvgIpc) is 2.77. The highest BCUT2D eigenvalue weighted by molar-refractivity contribution is 6.22. The van der Waals surface area contributed by atoms with Crippen LogP contribution >= 0.6 is 0 Å². The molecule has 1 fully saturated rings. The standard InChI is InChI=1S/C14H12N2O3/c1-19-10-7-9-3-2-6-15-14(9)11(8-10)16-12(17)4-5-13(16)18/h2-3,6-8H,4-5H2,1H3. The molecule has 5 heteroatoms. The van der Waals surface area contributed by atoms with Gasteiger partial charge in [-0.15, -0.1) is 0 Å². The number of hydrogen-bond donors (Lipinski definition) is 0. The average molecular weight is 256 g/mol. The molecule has 0 N–H and O–H groups in total. The minimum absolute atomic E-state index is 0.190. The first kappa shape index (κ1) is 11.6. The van der Waals surface area contributed by atoms with E-state index in [0.29, 0.717) is 17.0 Å². The summed E-state index contributed by atoms with van der Waals surface area (Å²) in [5.74, 6) is 0.221. The van der Waals surface area contributed by atoms with Gasteiger partial charge in [0.05, 0.1) is 18.3 Å². The number of imide groups is 1. The van der Waals surface area contributed by atoms with Crippen LogP contribution in [0.5, 0.6) is 5.75 Å². The number of anilines is 1. The third kappa shape index (κ3) is 1.83. The molecule has 5 nitrogen and oxygen atoms in total. The lowest BCUT2D eigenvalue weighted by molar-refractivity contribution is -0.121. The first-order valence-corrected chi connectivity index (χ1v) is 5.99. The number of carbonyl (C=O) groups excluding carboxylic acids is 2. The van der Waals surface area contributed by atoms with Crippen molar-refractivity contribution in [2.75, 3.05) is 12.0 Å². The van der Waals surface area contributed by atoms with Crippen molar-refractivity contribution in [2.24, 2.45) is 0 Å². The first-order valence-electron chi connectivity index (χ1n) is 5.99. The third-order valence-electron chi connectivity index (χ3n) is 3.19. The number of pyridine rings is 1. The predicted octanol–water partition coefficient (Wildman–Crippen LogP) is 1.90. The lowest BCUT2D eigenvalue weighted by Crippen LogP contribution is -2.28. The van der Waals surface area contributed by atoms with Crippen LogP contribution in [0.2, 0.25) is 0 Å². The smallest absolute Gasteiger partial charge is 0.234 e. The zero-order valence-corrected chi connectivity index (χ0v) is 10.4. The van der Waals surface area contributed by atoms with Crippen LogP contribution in [-0.4, -0.2) is 23.9 Å². The Morgan fingerprint density at radius 2 is 1.95 bits per heavy atom. The topological polar surface area (TPSA) is 59.5 Å². The van der Waals surface area contributed by atoms with Gasteiger partial charge in [-0.1, -0.05) is 6.07 Å². The fourth-order valence-electron chi connectivity index (χ4n) is 2.28. The van der Waals surface area contributed by atoms with Gasteiger partial charge in [-0.25, -0.2) is 4.90 Å². The van der Waals surface area contributed by atoms with Crippen LogP contribution in [0.3, 0.4) is 0 Å². The number of amides is 2. The van der Waals surface area contributed by atoms with E-state index in [-0.39, 0.29) is 24.7 Å². The molecule has 3 rings (SSSR count). The van der Waals surface area contributed by atoms with Crippen LogP contribution < -0.4 is 9.64 Å². The first-order chi connectivity index (χ1) is 9.20. The van der Waals surface area contributed by atoms with E-state index in [9.17, 15) is 9.59 Å². The van der Waals surface area contributed by atoms with E-state index in [1.54, 1.807) is 25.4 Å². The number of benzene rings is 1. The summed E-state index contributed by atoms with van der Waals surface area (Å²) in [5.41, 5.74) is 1.13. The van der Waals surface area contributed by atoms with Crippen molar-refractivity contribution in [1.29, 1.82) is 0 Å². The Labute approximate surface area is 109 Å². The highest BCUT2D eigenvalue weighted by Gasteiger charge is 2.32. The van der Waals surface area contributed by atoms with Crippen LogP contribution in [0.4, 0.5) is 5.69 Å². The Kier molecular flexibility index (Phi) is 2.67. The van der Waals surface area contributed by atoms with Crippen molar-refractivity contribution in [3.05, 3.63) is 30.5 Å². The summed E-state index contributed by atoms with van der Waals surface area (Å²) in [6, 6.07) is 7.19. The van der Waals surface area contributed by atoms with Gasteiger partial charge in [-0.2, -0.15) is 0 Å². The van der Waals surface area contributed by atoms with Crippen LogP contribution in [-0.2, 0) is 9.59 Å². The van der Waals surface area contributed by atoms with Crippen LogP contribution in [0.15, 0.2) is 30.5 Å². The van der Waals surface area contributed by atoms with Gasteiger partial charge in [0.15, 0.2) is 0 Å². The zero-order chi connectivity index (χ0) is 13.4. The second kappa shape index (κ2) is 4.35. The molecule has 0 bridgehead atoms. The molecular weight excluding hydrogens is 244 g/mol. The number of carbonyl (C=O) groups is 2. The Morgan fingerprint density at radius 1 is 1.21 bits per heavy atom. The zero-order valence-electron chi connectivity index (χ0n) is 10.4. The Bertz CT molecular complexity index is 665. The van der Waals surface area contributed by atoms with E-state index in [0.717, 1.165) is 5.39 Å². The van der Waals surface area contributed by atoms with E-state index >= 15 is 0 Å². The Hall–Kier alpha value is -2.43. The molecule has 1 aliphatic heterocycles. The number of aromatic nitrogens is 1. The lowest BCUT2D eigenvalue weighted by Gasteiger charge is -2.16. The van der Waals surface area contributed by atoms with E-state index in [1.165, 1.54) is 4.90 Å². The van der Waals surface area contributed by atoms with Gasteiger partial charge in [-0.05, 0) is 12.1 Å². The number of hydrogen-bond acceptors (Lipinski definition) is 4. The summed E-state index contributed by atoms with van der Waals surface area (Å²) in [6.45, 7) is 0. The SMILES string of the molecule is COc1cc(N2C(=O)CCC2=O)c2ncccc2c1. The molecule has 96 valence electrons. The number of fused-ring (bicyclic) bond motifs is 1. The molecule has 0 aliphatic carbocycles. The summed E-state index contributed by atoms with van der Waals surface area (Å²) >= 11 is 0. The van der Waals surface area contributed by atoms with Gasteiger partial charge < -0.3 is 4.74 Å². The van der Waals surface area contributed by atoms with E-state index < -0.39 is 0 Å². The maximum atomic E-state index is 11.9. The molecular formula is C14H12N2O3. The molecule has 0 saturated carbocycles. The molecule has 2 aromatic rings. The summed E-state index contributed by atoms with van der Waals surface area (Å²) in [6.07, 6.45) is 2.15. The fourth-order valence-corrected chi connectivity index (χ4v) is 2.28. The molecule has 0 spiro atoms. The minimum Gasteiger partial charge on any atom is -0.497 e. The van der Waals surface area contributed by atoms with Crippen LogP contribution in [0.25, 0.3) is 10.9 Å². The largest absolute Gasteiger partial charge is 0.497 e. The van der Waals surface area contributed by atoms with Gasteiger partial charge in [0.2, 0.25) is 11.8 Å². The molecule has 0 radical (unpaired) electrons. The van der Waals surface area contributed by atoms with Gasteiger partial charge in [0.1, 0.15) is 5.75 Å². The molecule has 0 atom stereocenters. The molecule has 1 aromatic carbocycles. The predicted molar refractivity (Wildman–Crippen MR) is 70.0 cm³/mol. The highest BCUT2D eigenvalue weighted by Crippen LogP contribution is 2.33. The monoisotopic (exact) mass is 256 g/mol. The van der Waals surface area contributed by atoms with Gasteiger partial charge >= 0.3 is 0 Å². The van der Waals surface area contributed by atoms with Crippen molar-refractivity contribution in [3.8, 4) is 5.75 Å². The maximum absolute atomic E-state index is 11.9. The third-order valence-corrected chi connectivity index (χ3v) is 3.19. The van der Waals surface area contributed by atoms with Crippen molar-refractivity contribution in [3.63, 3.8) is 0 Å². The summed E-state index contributed by atoms with van der Waals surface area (Å²) in [4.78, 5) is 29.2. The van der Waals surface area contributed by atoms with Gasteiger partial charge in [0, 0.05) is 30.5 Å². The second-order valence-corrected chi connectivity index (χ2v) is 4.34. The Morgan fingerprint density at radius 3 is 2.63 bits per heavy atom. The normalized spacial score (nSPS) is 15.3. The fraction of sp³-hybridized carbons (Fsp3) is 0.214. The summed E-state index contributed by atoms with van der Waals surface area (Å²) in [5, 5.41) is 0.837. The van der Waals surface area contributed by atoms with Gasteiger partial charge in [-0.3, -0.25) is 14.6 Å². The van der Waals surface area contributed by atoms with Crippen molar-refractivity contribution >= 4 is 28.4 Å². The number of rotatable bonds is 2. The molecule has 1 aliphatic rings. The molecule has 19 heavy (non-hydrogen) atoms. The quantitative estimate of drug-likeness (QED) is 0.770. The maximum Gasteiger partial charge on any atom is 0.234 e. The van der Waals surface area contributed by atoms with E-state index in [1.807, 2.05) is 12.1 Å². The van der Waals surface area contributed by atoms with E-state index in [2.05, 4.69) is 4.98 Å². The van der Waals surface area contributed by atoms with Crippen molar-refractivity contribution < 1.29 is 14.3 Å². The Balaban J connectivity index is 2.26. The second-order valence-electron chi connectivity index (χ2n) is 4.34. The molecule has 1 aromatic heterocycles. The molecule has 0 unspecified atom stereocenters. The number of nitrogens with zero attached hydrogens (tertiary/aromatic N) is 2. The van der Waals surface area contributed by atoms with Crippen LogP contribution in [0, 0.1) is 0 Å². The summed E-state index contributed by atoms with van der Waals surface area (Å²) in [7, 11) is 1.55. The molecule has 1 saturated heterocycles. The minimum atomic E-state index is -0.190.